The highest BCUT2D eigenvalue weighted by atomic mass is 32.2. The predicted molar refractivity (Wildman–Crippen MR) is 107 cm³/mol. The number of aromatic amines is 1. The number of hydrogen-bond donors (Lipinski definition) is 2. The molecule has 0 amide bonds. The van der Waals surface area contributed by atoms with Gasteiger partial charge in [0.25, 0.3) is 10.2 Å². The molecule has 2 saturated heterocycles. The Hall–Kier alpha value is -1.75. The van der Waals surface area contributed by atoms with Crippen LogP contribution >= 0.6 is 0 Å². The van der Waals surface area contributed by atoms with E-state index in [2.05, 4.69) is 25.2 Å². The van der Waals surface area contributed by atoms with Gasteiger partial charge in [-0.1, -0.05) is 0 Å². The molecule has 0 aromatic carbocycles. The first-order valence-electron chi connectivity index (χ1n) is 10.0. The minimum atomic E-state index is -3.47. The van der Waals surface area contributed by atoms with Crippen LogP contribution in [-0.4, -0.2) is 83.3 Å². The fourth-order valence-corrected chi connectivity index (χ4v) is 6.40. The molecule has 1 atom stereocenters. The minimum Gasteiger partial charge on any atom is -0.353 e. The zero-order valence-corrected chi connectivity index (χ0v) is 17.0. The van der Waals surface area contributed by atoms with Gasteiger partial charge in [-0.15, -0.1) is 0 Å². The number of nitrogens with one attached hydrogen (secondary N) is 2. The van der Waals surface area contributed by atoms with Crippen molar-refractivity contribution in [2.24, 2.45) is 0 Å². The molecule has 9 nitrogen and oxygen atoms in total. The van der Waals surface area contributed by atoms with Crippen LogP contribution in [0.2, 0.25) is 0 Å². The molecule has 0 radical (unpaired) electrons. The summed E-state index contributed by atoms with van der Waals surface area (Å²) < 4.78 is 29.9. The van der Waals surface area contributed by atoms with Crippen molar-refractivity contribution in [2.45, 2.75) is 37.3 Å². The lowest BCUT2D eigenvalue weighted by molar-refractivity contribution is 0.248. The van der Waals surface area contributed by atoms with E-state index in [4.69, 9.17) is 0 Å². The lowest BCUT2D eigenvalue weighted by atomic mass is 10.2. The number of likely N-dealkylation sites (N-methyl/N-ethyl adjacent to an activating group) is 1. The maximum Gasteiger partial charge on any atom is 0.282 e. The number of rotatable bonds is 5. The Morgan fingerprint density at radius 1 is 1.32 bits per heavy atom. The van der Waals surface area contributed by atoms with Crippen molar-refractivity contribution < 1.29 is 8.42 Å². The van der Waals surface area contributed by atoms with Crippen LogP contribution < -0.4 is 10.2 Å². The summed E-state index contributed by atoms with van der Waals surface area (Å²) in [4.78, 5) is 14.1. The number of aromatic nitrogens is 3. The molecule has 10 heteroatoms. The summed E-state index contributed by atoms with van der Waals surface area (Å²) in [5.74, 6) is 0.887. The molecule has 3 aliphatic rings. The third kappa shape index (κ3) is 2.99. The highest BCUT2D eigenvalue weighted by Gasteiger charge is 2.56. The summed E-state index contributed by atoms with van der Waals surface area (Å²) in [5, 5.41) is 4.38. The van der Waals surface area contributed by atoms with Crippen molar-refractivity contribution in [3.8, 4) is 0 Å². The molecule has 28 heavy (non-hydrogen) atoms. The summed E-state index contributed by atoms with van der Waals surface area (Å²) >= 11 is 0. The van der Waals surface area contributed by atoms with Gasteiger partial charge in [0.1, 0.15) is 17.8 Å². The lowest BCUT2D eigenvalue weighted by Gasteiger charge is -2.43. The van der Waals surface area contributed by atoms with Crippen molar-refractivity contribution in [2.75, 3.05) is 44.7 Å². The van der Waals surface area contributed by atoms with Crippen molar-refractivity contribution in [3.05, 3.63) is 18.6 Å². The van der Waals surface area contributed by atoms with E-state index in [9.17, 15) is 8.42 Å². The summed E-state index contributed by atoms with van der Waals surface area (Å²) in [6.07, 6.45) is 7.40. The third-order valence-electron chi connectivity index (χ3n) is 6.36. The van der Waals surface area contributed by atoms with E-state index in [1.54, 1.807) is 22.0 Å². The smallest absolute Gasteiger partial charge is 0.282 e. The summed E-state index contributed by atoms with van der Waals surface area (Å²) in [7, 11) is -1.76. The molecule has 1 spiro atoms. The minimum absolute atomic E-state index is 0.263. The molecule has 2 N–H and O–H groups in total. The third-order valence-corrected chi connectivity index (χ3v) is 8.42. The number of hydrogen-bond acceptors (Lipinski definition) is 6. The van der Waals surface area contributed by atoms with E-state index in [0.29, 0.717) is 26.2 Å². The van der Waals surface area contributed by atoms with E-state index >= 15 is 0 Å². The maximum absolute atomic E-state index is 13.3. The van der Waals surface area contributed by atoms with E-state index in [1.807, 2.05) is 12.3 Å². The summed E-state index contributed by atoms with van der Waals surface area (Å²) in [5.41, 5.74) is 0.510. The first-order valence-corrected chi connectivity index (χ1v) is 11.4. The SMILES string of the molecule is CN(C[C@@H]1CCCN1)S(=O)(=O)N1CCN(c2ncnc3[nH]ccc23)CC12CC2. The van der Waals surface area contributed by atoms with Gasteiger partial charge in [0, 0.05) is 45.5 Å². The highest BCUT2D eigenvalue weighted by Crippen LogP contribution is 2.47. The van der Waals surface area contributed by atoms with E-state index in [1.165, 1.54) is 0 Å². The normalized spacial score (nSPS) is 25.2. The van der Waals surface area contributed by atoms with Crippen LogP contribution in [0.1, 0.15) is 25.7 Å². The van der Waals surface area contributed by atoms with E-state index < -0.39 is 10.2 Å². The highest BCUT2D eigenvalue weighted by molar-refractivity contribution is 7.86. The van der Waals surface area contributed by atoms with Crippen LogP contribution in [0.15, 0.2) is 18.6 Å². The van der Waals surface area contributed by atoms with Gasteiger partial charge in [-0.3, -0.25) is 0 Å². The van der Waals surface area contributed by atoms with Crippen molar-refractivity contribution in [1.82, 2.24) is 28.9 Å². The van der Waals surface area contributed by atoms with Crippen LogP contribution in [0.3, 0.4) is 0 Å². The van der Waals surface area contributed by atoms with Gasteiger partial charge in [0.15, 0.2) is 0 Å². The molecule has 2 aromatic heterocycles. The second-order valence-electron chi connectivity index (χ2n) is 8.24. The molecule has 3 fully saturated rings. The fourth-order valence-electron chi connectivity index (χ4n) is 4.65. The predicted octanol–water partition coefficient (Wildman–Crippen LogP) is 0.541. The number of nitrogens with zero attached hydrogens (tertiary/aromatic N) is 5. The Balaban J connectivity index is 1.36. The molecule has 5 rings (SSSR count). The van der Waals surface area contributed by atoms with Crippen LogP contribution in [-0.2, 0) is 10.2 Å². The fraction of sp³-hybridized carbons (Fsp3) is 0.667. The Kier molecular flexibility index (Phi) is 4.34. The quantitative estimate of drug-likeness (QED) is 0.754. The second kappa shape index (κ2) is 6.65. The van der Waals surface area contributed by atoms with Crippen molar-refractivity contribution >= 4 is 27.1 Å². The van der Waals surface area contributed by atoms with E-state index in [-0.39, 0.29) is 11.6 Å². The van der Waals surface area contributed by atoms with Crippen LogP contribution in [0.25, 0.3) is 11.0 Å². The molecule has 152 valence electrons. The standard InChI is InChI=1S/C18H27N7O2S/c1-23(11-14-3-2-7-19-14)28(26,27)25-10-9-24(12-18(25)5-6-18)17-15-4-8-20-16(15)21-13-22-17/h4,8,13-14,19H,2-3,5-7,9-12H2,1H3,(H,20,21,22)/t14-/m0/s1. The molecule has 1 saturated carbocycles. The largest absolute Gasteiger partial charge is 0.353 e. The van der Waals surface area contributed by atoms with Crippen LogP contribution in [0, 0.1) is 0 Å². The zero-order chi connectivity index (χ0) is 19.4. The number of H-pyrrole nitrogens is 1. The molecule has 2 aromatic rings. The molecule has 1 aliphatic carbocycles. The molecular formula is C18H27N7O2S. The summed E-state index contributed by atoms with van der Waals surface area (Å²) in [6, 6.07) is 2.24. The Labute approximate surface area is 165 Å². The van der Waals surface area contributed by atoms with Gasteiger partial charge in [-0.2, -0.15) is 17.0 Å². The summed E-state index contributed by atoms with van der Waals surface area (Å²) in [6.45, 7) is 3.32. The first kappa shape index (κ1) is 18.3. The average molecular weight is 406 g/mol. The molecule has 0 bridgehead atoms. The number of piperazine rings is 1. The van der Waals surface area contributed by atoms with Gasteiger partial charge in [0.05, 0.1) is 10.9 Å². The van der Waals surface area contributed by atoms with Crippen LogP contribution in [0.4, 0.5) is 5.82 Å². The van der Waals surface area contributed by atoms with Crippen molar-refractivity contribution in [3.63, 3.8) is 0 Å². The van der Waals surface area contributed by atoms with Gasteiger partial charge in [-0.25, -0.2) is 9.97 Å². The molecule has 2 aliphatic heterocycles. The molecule has 0 unspecified atom stereocenters. The number of anilines is 1. The molecular weight excluding hydrogens is 378 g/mol. The zero-order valence-electron chi connectivity index (χ0n) is 16.1. The maximum atomic E-state index is 13.3. The Morgan fingerprint density at radius 2 is 2.18 bits per heavy atom. The van der Waals surface area contributed by atoms with Crippen molar-refractivity contribution in [1.29, 1.82) is 0 Å². The molecule has 4 heterocycles. The first-order chi connectivity index (χ1) is 13.5. The second-order valence-corrected chi connectivity index (χ2v) is 10.2. The van der Waals surface area contributed by atoms with E-state index in [0.717, 1.165) is 49.1 Å². The van der Waals surface area contributed by atoms with Gasteiger partial charge in [-0.05, 0) is 38.3 Å². The van der Waals surface area contributed by atoms with Gasteiger partial charge < -0.3 is 15.2 Å². The van der Waals surface area contributed by atoms with Gasteiger partial charge >= 0.3 is 0 Å². The number of fused-ring (bicyclic) bond motifs is 1. The lowest BCUT2D eigenvalue weighted by Crippen LogP contribution is -2.60. The Bertz CT molecular complexity index is 965. The van der Waals surface area contributed by atoms with Gasteiger partial charge in [0.2, 0.25) is 0 Å². The average Bonchev–Trinajstić information content (AvgIpc) is 3.10. The topological polar surface area (TPSA) is 97.5 Å². The Morgan fingerprint density at radius 3 is 2.93 bits per heavy atom. The van der Waals surface area contributed by atoms with Crippen LogP contribution in [0.5, 0.6) is 0 Å². The monoisotopic (exact) mass is 405 g/mol.